The number of ether oxygens (including phenoxy) is 1. The highest BCUT2D eigenvalue weighted by Gasteiger charge is 2.41. The van der Waals surface area contributed by atoms with Gasteiger partial charge in [-0.15, -0.1) is 0 Å². The normalized spacial score (nSPS) is 11.1. The van der Waals surface area contributed by atoms with Crippen LogP contribution in [0.4, 0.5) is 8.78 Å². The molecule has 25 heavy (non-hydrogen) atoms. The molecule has 0 heterocycles. The summed E-state index contributed by atoms with van der Waals surface area (Å²) in [5, 5.41) is 0. The van der Waals surface area contributed by atoms with E-state index in [1.165, 1.54) is 24.3 Å². The third-order valence-electron chi connectivity index (χ3n) is 3.20. The molecule has 0 saturated heterocycles. The molecular formula is C18H18F2N2O3. The van der Waals surface area contributed by atoms with Gasteiger partial charge in [-0.25, -0.2) is 0 Å². The number of nitrogens with one attached hydrogen (secondary N) is 2. The Hall–Kier alpha value is -2.96. The zero-order chi connectivity index (χ0) is 18.4. The van der Waals surface area contributed by atoms with Crippen molar-refractivity contribution in [2.24, 2.45) is 0 Å². The summed E-state index contributed by atoms with van der Waals surface area (Å²) in [7, 11) is 0. The smallest absolute Gasteiger partial charge is 0.351 e. The molecule has 5 nitrogen and oxygen atoms in total. The van der Waals surface area contributed by atoms with Crippen molar-refractivity contribution in [1.82, 2.24) is 10.9 Å². The number of hydrogen-bond donors (Lipinski definition) is 2. The Balaban J connectivity index is 1.96. The Bertz CT molecular complexity index is 732. The van der Waals surface area contributed by atoms with Crippen molar-refractivity contribution in [2.45, 2.75) is 25.9 Å². The van der Waals surface area contributed by atoms with Crippen molar-refractivity contribution in [1.29, 1.82) is 0 Å². The predicted molar refractivity (Wildman–Crippen MR) is 88.2 cm³/mol. The molecule has 7 heteroatoms. The van der Waals surface area contributed by atoms with E-state index in [4.69, 9.17) is 4.74 Å². The van der Waals surface area contributed by atoms with Crippen LogP contribution < -0.4 is 15.6 Å². The number of benzene rings is 2. The number of amides is 2. The second-order valence-corrected chi connectivity index (χ2v) is 5.54. The molecule has 2 rings (SSSR count). The number of rotatable bonds is 5. The Morgan fingerprint density at radius 3 is 2.12 bits per heavy atom. The van der Waals surface area contributed by atoms with Crippen molar-refractivity contribution in [3.63, 3.8) is 0 Å². The molecule has 0 aliphatic heterocycles. The van der Waals surface area contributed by atoms with E-state index in [-0.39, 0.29) is 11.7 Å². The van der Waals surface area contributed by atoms with Crippen LogP contribution in [0, 0.1) is 0 Å². The zero-order valence-corrected chi connectivity index (χ0v) is 13.8. The van der Waals surface area contributed by atoms with E-state index in [9.17, 15) is 18.4 Å². The Morgan fingerprint density at radius 1 is 0.960 bits per heavy atom. The first-order chi connectivity index (χ1) is 11.8. The molecule has 0 aliphatic carbocycles. The molecule has 132 valence electrons. The molecule has 0 saturated carbocycles. The van der Waals surface area contributed by atoms with Crippen LogP contribution in [-0.4, -0.2) is 17.9 Å². The molecule has 0 aromatic heterocycles. The van der Waals surface area contributed by atoms with Gasteiger partial charge in [0, 0.05) is 11.1 Å². The third kappa shape index (κ3) is 4.76. The quantitative estimate of drug-likeness (QED) is 0.816. The maximum Gasteiger partial charge on any atom is 0.351 e. The topological polar surface area (TPSA) is 67.4 Å². The minimum atomic E-state index is -3.76. The number of carbonyl (C=O) groups excluding carboxylic acids is 2. The van der Waals surface area contributed by atoms with Crippen LogP contribution >= 0.6 is 0 Å². The molecule has 0 radical (unpaired) electrons. The van der Waals surface area contributed by atoms with Gasteiger partial charge in [0.05, 0.1) is 6.10 Å². The van der Waals surface area contributed by atoms with E-state index in [0.717, 1.165) is 12.1 Å². The molecule has 2 N–H and O–H groups in total. The molecule has 0 bridgehead atoms. The number of hydrogen-bond acceptors (Lipinski definition) is 3. The monoisotopic (exact) mass is 348 g/mol. The Kier molecular flexibility index (Phi) is 5.69. The minimum absolute atomic E-state index is 0.0146. The number of carbonyl (C=O) groups is 2. The molecule has 2 aromatic carbocycles. The van der Waals surface area contributed by atoms with E-state index in [2.05, 4.69) is 0 Å². The first kappa shape index (κ1) is 18.4. The number of hydrazine groups is 1. The largest absolute Gasteiger partial charge is 0.491 e. The Labute approximate surface area is 144 Å². The summed E-state index contributed by atoms with van der Waals surface area (Å²) in [6.45, 7) is 3.73. The fraction of sp³-hybridized carbons (Fsp3) is 0.222. The second-order valence-electron chi connectivity index (χ2n) is 5.54. The van der Waals surface area contributed by atoms with Crippen molar-refractivity contribution in [3.8, 4) is 5.75 Å². The molecule has 0 spiro atoms. The van der Waals surface area contributed by atoms with E-state index >= 15 is 0 Å². The van der Waals surface area contributed by atoms with Crippen LogP contribution in [0.15, 0.2) is 54.6 Å². The van der Waals surface area contributed by atoms with E-state index < -0.39 is 23.3 Å². The summed E-state index contributed by atoms with van der Waals surface area (Å²) >= 11 is 0. The third-order valence-corrected chi connectivity index (χ3v) is 3.20. The first-order valence-corrected chi connectivity index (χ1v) is 7.61. The van der Waals surface area contributed by atoms with Crippen molar-refractivity contribution < 1.29 is 23.1 Å². The van der Waals surface area contributed by atoms with Crippen LogP contribution in [0.3, 0.4) is 0 Å². The lowest BCUT2D eigenvalue weighted by Crippen LogP contribution is -2.48. The van der Waals surface area contributed by atoms with Gasteiger partial charge in [-0.05, 0) is 38.1 Å². The zero-order valence-electron chi connectivity index (χ0n) is 13.8. The van der Waals surface area contributed by atoms with E-state index in [0.29, 0.717) is 5.75 Å². The lowest BCUT2D eigenvalue weighted by molar-refractivity contribution is -0.147. The van der Waals surface area contributed by atoms with Gasteiger partial charge in [-0.3, -0.25) is 20.4 Å². The van der Waals surface area contributed by atoms with Crippen LogP contribution in [-0.2, 0) is 10.7 Å². The van der Waals surface area contributed by atoms with Crippen LogP contribution in [0.1, 0.15) is 29.8 Å². The molecule has 2 amide bonds. The number of halogens is 2. The average molecular weight is 348 g/mol. The van der Waals surface area contributed by atoms with Crippen molar-refractivity contribution >= 4 is 11.8 Å². The molecule has 0 atom stereocenters. The molecule has 2 aromatic rings. The van der Waals surface area contributed by atoms with E-state index in [1.54, 1.807) is 23.6 Å². The molecule has 0 unspecified atom stereocenters. The van der Waals surface area contributed by atoms with Gasteiger partial charge in [-0.1, -0.05) is 30.3 Å². The van der Waals surface area contributed by atoms with Crippen LogP contribution in [0.25, 0.3) is 0 Å². The summed E-state index contributed by atoms with van der Waals surface area (Å²) in [5.74, 6) is -5.52. The summed E-state index contributed by atoms with van der Waals surface area (Å²) in [5.41, 5.74) is 3.46. The van der Waals surface area contributed by atoms with Crippen LogP contribution in [0.2, 0.25) is 0 Å². The van der Waals surface area contributed by atoms with Gasteiger partial charge in [0.2, 0.25) is 0 Å². The summed E-state index contributed by atoms with van der Waals surface area (Å²) < 4.78 is 33.4. The summed E-state index contributed by atoms with van der Waals surface area (Å²) in [4.78, 5) is 23.6. The Morgan fingerprint density at radius 2 is 1.56 bits per heavy atom. The predicted octanol–water partition coefficient (Wildman–Crippen LogP) is 3.03. The molecule has 0 fully saturated rings. The number of alkyl halides is 2. The maximum absolute atomic E-state index is 14.0. The lowest BCUT2D eigenvalue weighted by Gasteiger charge is -2.16. The fourth-order valence-corrected chi connectivity index (χ4v) is 2.00. The first-order valence-electron chi connectivity index (χ1n) is 7.61. The average Bonchev–Trinajstić information content (AvgIpc) is 2.60. The second kappa shape index (κ2) is 7.74. The fourth-order valence-electron chi connectivity index (χ4n) is 2.00. The van der Waals surface area contributed by atoms with E-state index in [1.807, 2.05) is 19.3 Å². The van der Waals surface area contributed by atoms with Crippen molar-refractivity contribution in [2.75, 3.05) is 0 Å². The SMILES string of the molecule is CC(C)Oc1ccc(C(=O)NNC(=O)C(F)(F)c2ccccc2)cc1. The highest BCUT2D eigenvalue weighted by molar-refractivity contribution is 5.96. The summed E-state index contributed by atoms with van der Waals surface area (Å²) in [6, 6.07) is 12.7. The van der Waals surface area contributed by atoms with Gasteiger partial charge in [0.1, 0.15) is 5.75 Å². The van der Waals surface area contributed by atoms with Gasteiger partial charge in [0.25, 0.3) is 5.91 Å². The van der Waals surface area contributed by atoms with Gasteiger partial charge < -0.3 is 4.74 Å². The van der Waals surface area contributed by atoms with Gasteiger partial charge in [-0.2, -0.15) is 8.78 Å². The van der Waals surface area contributed by atoms with Gasteiger partial charge in [0.15, 0.2) is 0 Å². The van der Waals surface area contributed by atoms with Gasteiger partial charge >= 0.3 is 11.8 Å². The molecule has 0 aliphatic rings. The van der Waals surface area contributed by atoms with Crippen LogP contribution in [0.5, 0.6) is 5.75 Å². The lowest BCUT2D eigenvalue weighted by atomic mass is 10.1. The minimum Gasteiger partial charge on any atom is -0.491 e. The standard InChI is InChI=1S/C18H18F2N2O3/c1-12(2)25-15-10-8-13(9-11-15)16(23)21-22-17(24)18(19,20)14-6-4-3-5-7-14/h3-12H,1-2H3,(H,21,23)(H,22,24). The highest BCUT2D eigenvalue weighted by Crippen LogP contribution is 2.27. The van der Waals surface area contributed by atoms with Crippen molar-refractivity contribution in [3.05, 3.63) is 65.7 Å². The summed E-state index contributed by atoms with van der Waals surface area (Å²) in [6.07, 6.45) is -0.0146. The highest BCUT2D eigenvalue weighted by atomic mass is 19.3. The maximum atomic E-state index is 14.0. The molecular weight excluding hydrogens is 330 g/mol.